The van der Waals surface area contributed by atoms with E-state index in [1.807, 2.05) is 0 Å². The molecule has 0 radical (unpaired) electrons. The van der Waals surface area contributed by atoms with Crippen LogP contribution in [0.25, 0.3) is 0 Å². The van der Waals surface area contributed by atoms with Crippen LogP contribution in [0.15, 0.2) is 65.7 Å². The van der Waals surface area contributed by atoms with Gasteiger partial charge in [-0.2, -0.15) is 0 Å². The number of aryl methyl sites for hydroxylation is 1. The molecule has 0 saturated carbocycles. The topological polar surface area (TPSA) is 21.6 Å². The van der Waals surface area contributed by atoms with E-state index >= 15 is 0 Å². The Morgan fingerprint density at radius 2 is 1.41 bits per heavy atom. The molecule has 2 nitrogen and oxygen atoms in total. The fourth-order valence-corrected chi connectivity index (χ4v) is 5.14. The molecule has 3 heteroatoms. The van der Waals surface area contributed by atoms with Crippen LogP contribution in [0, 0.1) is 6.92 Å². The molecular formula is C29H36NOP. The van der Waals surface area contributed by atoms with Gasteiger partial charge in [-0.05, 0) is 67.0 Å². The molecule has 0 fully saturated rings. The first-order chi connectivity index (χ1) is 15.3. The van der Waals surface area contributed by atoms with E-state index in [0.29, 0.717) is 20.4 Å². The number of benzene rings is 3. The molecule has 0 spiro atoms. The smallest absolute Gasteiger partial charge is 0.127 e. The van der Waals surface area contributed by atoms with Crippen molar-refractivity contribution in [3.63, 3.8) is 0 Å². The molecule has 1 atom stereocenters. The van der Waals surface area contributed by atoms with Crippen molar-refractivity contribution in [2.75, 3.05) is 0 Å². The van der Waals surface area contributed by atoms with Gasteiger partial charge in [0, 0.05) is 16.8 Å². The number of hydrogen-bond donors (Lipinski definition) is 0. The lowest BCUT2D eigenvalue weighted by Gasteiger charge is -2.18. The number of nitrogens with zero attached hydrogens (tertiary/aromatic N) is 1. The highest BCUT2D eigenvalue weighted by Gasteiger charge is 2.14. The molecule has 1 unspecified atom stereocenters. The Balaban J connectivity index is 2.01. The van der Waals surface area contributed by atoms with Crippen LogP contribution in [-0.4, -0.2) is 12.3 Å². The molecular weight excluding hydrogens is 409 g/mol. The standard InChI is InChI=1S/C29H36NOP/c1-19(2)23-13-11-14-24(20(3)4)25(23)18-30-26-15-8-9-17-28(26)32-29-22(7)12-10-16-27(29)31-21(5)6/h8-21,32H,1-7H3. The lowest BCUT2D eigenvalue weighted by atomic mass is 9.89. The third-order valence-corrected chi connectivity index (χ3v) is 7.09. The zero-order valence-electron chi connectivity index (χ0n) is 20.4. The van der Waals surface area contributed by atoms with Gasteiger partial charge in [0.05, 0.1) is 11.8 Å². The van der Waals surface area contributed by atoms with E-state index in [1.54, 1.807) is 0 Å². The molecule has 0 aliphatic carbocycles. The summed E-state index contributed by atoms with van der Waals surface area (Å²) in [6, 6.07) is 21.4. The molecule has 0 aliphatic rings. The molecule has 0 N–H and O–H groups in total. The second-order valence-corrected chi connectivity index (χ2v) is 10.5. The monoisotopic (exact) mass is 445 g/mol. The van der Waals surface area contributed by atoms with Crippen LogP contribution in [0.1, 0.15) is 75.6 Å². The number of hydrogen-bond acceptors (Lipinski definition) is 2. The van der Waals surface area contributed by atoms with Crippen molar-refractivity contribution in [3.05, 3.63) is 82.9 Å². The van der Waals surface area contributed by atoms with Gasteiger partial charge in [0.15, 0.2) is 0 Å². The minimum absolute atomic E-state index is 0.149. The van der Waals surface area contributed by atoms with Gasteiger partial charge >= 0.3 is 0 Å². The molecule has 0 heterocycles. The van der Waals surface area contributed by atoms with Gasteiger partial charge in [0.2, 0.25) is 0 Å². The molecule has 32 heavy (non-hydrogen) atoms. The number of aliphatic imine (C=N–C) groups is 1. The first-order valence-corrected chi connectivity index (χ1v) is 12.6. The van der Waals surface area contributed by atoms with E-state index < -0.39 is 0 Å². The third kappa shape index (κ3) is 5.87. The van der Waals surface area contributed by atoms with E-state index in [0.717, 1.165) is 11.4 Å². The van der Waals surface area contributed by atoms with Crippen LogP contribution in [0.4, 0.5) is 5.69 Å². The summed E-state index contributed by atoms with van der Waals surface area (Å²) < 4.78 is 6.12. The summed E-state index contributed by atoms with van der Waals surface area (Å²) in [5, 5.41) is 2.49. The summed E-state index contributed by atoms with van der Waals surface area (Å²) in [5.41, 5.74) is 6.25. The molecule has 0 amide bonds. The first kappa shape index (κ1) is 24.2. The predicted octanol–water partition coefficient (Wildman–Crippen LogP) is 7.41. The summed E-state index contributed by atoms with van der Waals surface area (Å²) in [5.74, 6) is 1.88. The van der Waals surface area contributed by atoms with Crippen LogP contribution in [0.2, 0.25) is 0 Å². The predicted molar refractivity (Wildman–Crippen MR) is 143 cm³/mol. The Kier molecular flexibility index (Phi) is 8.26. The highest BCUT2D eigenvalue weighted by molar-refractivity contribution is 7.56. The summed E-state index contributed by atoms with van der Waals surface area (Å²) in [6.07, 6.45) is 2.23. The summed E-state index contributed by atoms with van der Waals surface area (Å²) >= 11 is 0. The largest absolute Gasteiger partial charge is 0.490 e. The van der Waals surface area contributed by atoms with Crippen molar-refractivity contribution in [3.8, 4) is 5.75 Å². The number of ether oxygens (including phenoxy) is 1. The van der Waals surface area contributed by atoms with Crippen molar-refractivity contribution >= 4 is 31.1 Å². The maximum Gasteiger partial charge on any atom is 0.127 e. The minimum atomic E-state index is 0.149. The van der Waals surface area contributed by atoms with Gasteiger partial charge in [-0.3, -0.25) is 4.99 Å². The SMILES string of the molecule is Cc1cccc(OC(C)C)c1Pc1ccccc1N=Cc1c(C(C)C)cccc1C(C)C. The van der Waals surface area contributed by atoms with Gasteiger partial charge in [0.25, 0.3) is 0 Å². The summed E-state index contributed by atoms with van der Waals surface area (Å²) in [4.78, 5) is 5.02. The highest BCUT2D eigenvalue weighted by Crippen LogP contribution is 2.29. The van der Waals surface area contributed by atoms with E-state index in [4.69, 9.17) is 9.73 Å². The summed E-state index contributed by atoms with van der Waals surface area (Å²) in [7, 11) is 0.487. The van der Waals surface area contributed by atoms with Crippen molar-refractivity contribution in [1.82, 2.24) is 0 Å². The molecule has 3 aromatic carbocycles. The Labute approximate surface area is 195 Å². The van der Waals surface area contributed by atoms with Gasteiger partial charge in [0.1, 0.15) is 5.75 Å². The van der Waals surface area contributed by atoms with Gasteiger partial charge < -0.3 is 4.74 Å². The average molecular weight is 446 g/mol. The Morgan fingerprint density at radius 3 is 2.03 bits per heavy atom. The van der Waals surface area contributed by atoms with E-state index in [2.05, 4.69) is 115 Å². The lowest BCUT2D eigenvalue weighted by Crippen LogP contribution is -2.15. The van der Waals surface area contributed by atoms with Gasteiger partial charge in [-0.15, -0.1) is 0 Å². The average Bonchev–Trinajstić information content (AvgIpc) is 2.74. The Bertz CT molecular complexity index is 1060. The van der Waals surface area contributed by atoms with Gasteiger partial charge in [-0.25, -0.2) is 0 Å². The quantitative estimate of drug-likeness (QED) is 0.261. The maximum atomic E-state index is 6.12. The van der Waals surface area contributed by atoms with Crippen molar-refractivity contribution in [1.29, 1.82) is 0 Å². The van der Waals surface area contributed by atoms with E-state index in [9.17, 15) is 0 Å². The third-order valence-electron chi connectivity index (χ3n) is 5.51. The zero-order valence-corrected chi connectivity index (χ0v) is 21.4. The molecule has 0 aliphatic heterocycles. The fraction of sp³-hybridized carbons (Fsp3) is 0.345. The second-order valence-electron chi connectivity index (χ2n) is 9.17. The molecule has 0 aromatic heterocycles. The van der Waals surface area contributed by atoms with E-state index in [1.165, 1.54) is 32.9 Å². The molecule has 0 saturated heterocycles. The second kappa shape index (κ2) is 10.9. The van der Waals surface area contributed by atoms with Crippen LogP contribution in [0.5, 0.6) is 5.75 Å². The molecule has 3 aromatic rings. The number of para-hydroxylation sites is 1. The maximum absolute atomic E-state index is 6.12. The zero-order chi connectivity index (χ0) is 23.3. The molecule has 3 rings (SSSR count). The normalized spacial score (nSPS) is 12.2. The van der Waals surface area contributed by atoms with Crippen LogP contribution in [0.3, 0.4) is 0 Å². The van der Waals surface area contributed by atoms with Crippen LogP contribution < -0.4 is 15.3 Å². The van der Waals surface area contributed by atoms with Crippen molar-refractivity contribution < 1.29 is 4.74 Å². The van der Waals surface area contributed by atoms with Crippen molar-refractivity contribution in [2.24, 2.45) is 4.99 Å². The number of rotatable bonds is 8. The highest BCUT2D eigenvalue weighted by atomic mass is 31.1. The van der Waals surface area contributed by atoms with E-state index in [-0.39, 0.29) is 6.10 Å². The van der Waals surface area contributed by atoms with Crippen LogP contribution >= 0.6 is 8.58 Å². The fourth-order valence-electron chi connectivity index (χ4n) is 3.87. The summed E-state index contributed by atoms with van der Waals surface area (Å²) in [6.45, 7) is 15.3. The first-order valence-electron chi connectivity index (χ1n) is 11.6. The molecule has 168 valence electrons. The van der Waals surface area contributed by atoms with Gasteiger partial charge in [-0.1, -0.05) is 84.8 Å². The lowest BCUT2D eigenvalue weighted by molar-refractivity contribution is 0.244. The van der Waals surface area contributed by atoms with Crippen LogP contribution in [-0.2, 0) is 0 Å². The Hall–Kier alpha value is -2.44. The minimum Gasteiger partial charge on any atom is -0.490 e. The molecule has 0 bridgehead atoms. The Morgan fingerprint density at radius 1 is 0.781 bits per heavy atom. The van der Waals surface area contributed by atoms with Crippen molar-refractivity contribution in [2.45, 2.75) is 66.4 Å².